The molecule has 0 saturated heterocycles. The summed E-state index contributed by atoms with van der Waals surface area (Å²) in [6, 6.07) is 15.9. The van der Waals surface area contributed by atoms with Crippen LogP contribution in [0.4, 0.5) is 0 Å². The molecular formula is C23H20N4O4. The minimum Gasteiger partial charge on any atom is -0.338 e. The van der Waals surface area contributed by atoms with Crippen LogP contribution in [-0.4, -0.2) is 50.4 Å². The molecule has 0 radical (unpaired) electrons. The van der Waals surface area contributed by atoms with Crippen LogP contribution in [0.2, 0.25) is 0 Å². The summed E-state index contributed by atoms with van der Waals surface area (Å²) in [7, 11) is 0. The van der Waals surface area contributed by atoms with Crippen molar-refractivity contribution in [3.63, 3.8) is 0 Å². The van der Waals surface area contributed by atoms with Crippen molar-refractivity contribution in [1.29, 1.82) is 0 Å². The molecule has 0 spiro atoms. The number of para-hydroxylation sites is 1. The van der Waals surface area contributed by atoms with Gasteiger partial charge in [0.1, 0.15) is 0 Å². The van der Waals surface area contributed by atoms with Crippen LogP contribution in [0.15, 0.2) is 59.4 Å². The SMILES string of the molecule is O=C(CCN1C(=O)c2ccccc2C1=O)N1CCc2[nH]n(-c3ccccc3)c(=O)c2C1. The summed E-state index contributed by atoms with van der Waals surface area (Å²) in [4.78, 5) is 53.3. The Morgan fingerprint density at radius 1 is 0.903 bits per heavy atom. The smallest absolute Gasteiger partial charge is 0.276 e. The van der Waals surface area contributed by atoms with E-state index in [1.54, 1.807) is 29.2 Å². The Bertz CT molecular complexity index is 1220. The molecule has 8 heteroatoms. The maximum absolute atomic E-state index is 12.9. The van der Waals surface area contributed by atoms with Crippen molar-refractivity contribution < 1.29 is 14.4 Å². The summed E-state index contributed by atoms with van der Waals surface area (Å²) in [6.07, 6.45) is 0.571. The van der Waals surface area contributed by atoms with Gasteiger partial charge in [0.15, 0.2) is 0 Å². The number of rotatable bonds is 4. The Labute approximate surface area is 177 Å². The van der Waals surface area contributed by atoms with Gasteiger partial charge < -0.3 is 4.90 Å². The second-order valence-electron chi connectivity index (χ2n) is 7.67. The molecule has 3 amide bonds. The highest BCUT2D eigenvalue weighted by molar-refractivity contribution is 6.21. The number of carbonyl (C=O) groups is 3. The van der Waals surface area contributed by atoms with E-state index in [0.29, 0.717) is 29.7 Å². The van der Waals surface area contributed by atoms with E-state index in [-0.39, 0.29) is 42.8 Å². The number of fused-ring (bicyclic) bond motifs is 2. The van der Waals surface area contributed by atoms with Gasteiger partial charge in [-0.2, -0.15) is 0 Å². The quantitative estimate of drug-likeness (QED) is 0.656. The number of imide groups is 1. The molecule has 3 aromatic rings. The predicted octanol–water partition coefficient (Wildman–Crippen LogP) is 1.74. The average Bonchev–Trinajstić information content (AvgIpc) is 3.26. The highest BCUT2D eigenvalue weighted by atomic mass is 16.2. The van der Waals surface area contributed by atoms with Gasteiger partial charge in [-0.25, -0.2) is 4.68 Å². The maximum atomic E-state index is 12.9. The summed E-state index contributed by atoms with van der Waals surface area (Å²) in [5.74, 6) is -0.925. The molecule has 1 aromatic heterocycles. The number of nitrogens with one attached hydrogen (secondary N) is 1. The lowest BCUT2D eigenvalue weighted by molar-refractivity contribution is -0.132. The lowest BCUT2D eigenvalue weighted by Crippen LogP contribution is -2.40. The molecule has 0 bridgehead atoms. The van der Waals surface area contributed by atoms with E-state index in [9.17, 15) is 19.2 Å². The topological polar surface area (TPSA) is 95.5 Å². The molecule has 2 aromatic carbocycles. The molecule has 5 rings (SSSR count). The molecule has 0 unspecified atom stereocenters. The first-order chi connectivity index (χ1) is 15.0. The zero-order valence-electron chi connectivity index (χ0n) is 16.7. The average molecular weight is 416 g/mol. The second-order valence-corrected chi connectivity index (χ2v) is 7.67. The van der Waals surface area contributed by atoms with Crippen LogP contribution in [0.25, 0.3) is 5.69 Å². The zero-order valence-corrected chi connectivity index (χ0v) is 16.7. The molecule has 2 aliphatic rings. The van der Waals surface area contributed by atoms with Crippen molar-refractivity contribution in [3.05, 3.63) is 87.3 Å². The van der Waals surface area contributed by atoms with Gasteiger partial charge in [-0.1, -0.05) is 30.3 Å². The molecule has 2 aliphatic heterocycles. The van der Waals surface area contributed by atoms with Crippen molar-refractivity contribution in [1.82, 2.24) is 19.6 Å². The van der Waals surface area contributed by atoms with Crippen molar-refractivity contribution in [3.8, 4) is 5.69 Å². The highest BCUT2D eigenvalue weighted by Crippen LogP contribution is 2.23. The number of amides is 3. The maximum Gasteiger partial charge on any atom is 0.276 e. The number of aromatic nitrogens is 2. The van der Waals surface area contributed by atoms with Crippen LogP contribution in [0.1, 0.15) is 38.4 Å². The summed E-state index contributed by atoms with van der Waals surface area (Å²) >= 11 is 0. The molecule has 31 heavy (non-hydrogen) atoms. The first-order valence-electron chi connectivity index (χ1n) is 10.2. The van der Waals surface area contributed by atoms with Crippen molar-refractivity contribution >= 4 is 17.7 Å². The molecule has 156 valence electrons. The summed E-state index contributed by atoms with van der Waals surface area (Å²) < 4.78 is 1.50. The number of carbonyl (C=O) groups excluding carboxylic acids is 3. The third-order valence-corrected chi connectivity index (χ3v) is 5.85. The van der Waals surface area contributed by atoms with Crippen LogP contribution in [0.3, 0.4) is 0 Å². The third-order valence-electron chi connectivity index (χ3n) is 5.85. The van der Waals surface area contributed by atoms with Gasteiger partial charge in [0.25, 0.3) is 17.4 Å². The number of aromatic amines is 1. The monoisotopic (exact) mass is 416 g/mol. The van der Waals surface area contributed by atoms with Crippen LogP contribution in [0.5, 0.6) is 0 Å². The summed E-state index contributed by atoms with van der Waals surface area (Å²) in [5, 5.41) is 3.14. The Hall–Kier alpha value is -3.94. The molecule has 0 saturated carbocycles. The van der Waals surface area contributed by atoms with Crippen LogP contribution < -0.4 is 5.56 Å². The Kier molecular flexibility index (Phi) is 4.54. The van der Waals surface area contributed by atoms with Gasteiger partial charge in [0.05, 0.1) is 28.9 Å². The molecular weight excluding hydrogens is 396 g/mol. The minimum atomic E-state index is -0.370. The number of hydrogen-bond acceptors (Lipinski definition) is 4. The van der Waals surface area contributed by atoms with E-state index in [1.807, 2.05) is 30.3 Å². The molecule has 1 N–H and O–H groups in total. The number of benzene rings is 2. The fourth-order valence-corrected chi connectivity index (χ4v) is 4.18. The van der Waals surface area contributed by atoms with Crippen molar-refractivity contribution in [2.24, 2.45) is 0 Å². The van der Waals surface area contributed by atoms with Crippen LogP contribution in [-0.2, 0) is 17.8 Å². The molecule has 8 nitrogen and oxygen atoms in total. The standard InChI is InChI=1S/C23H20N4O4/c28-20(11-13-26-21(29)16-8-4-5-9-17(16)22(26)30)25-12-10-19-18(14-25)23(31)27(24-19)15-6-2-1-3-7-15/h1-9,24H,10-14H2. The van der Waals surface area contributed by atoms with Gasteiger partial charge in [-0.3, -0.25) is 29.2 Å². The summed E-state index contributed by atoms with van der Waals surface area (Å²) in [5.41, 5.74) is 2.72. The molecule has 3 heterocycles. The van der Waals surface area contributed by atoms with Crippen molar-refractivity contribution in [2.45, 2.75) is 19.4 Å². The fraction of sp³-hybridized carbons (Fsp3) is 0.217. The Balaban J connectivity index is 1.28. The normalized spacial score (nSPS) is 15.2. The van der Waals surface area contributed by atoms with Gasteiger partial charge in [0.2, 0.25) is 5.91 Å². The minimum absolute atomic E-state index is 0.0237. The number of H-pyrrole nitrogens is 1. The lowest BCUT2D eigenvalue weighted by Gasteiger charge is -2.26. The van der Waals surface area contributed by atoms with Gasteiger partial charge in [-0.15, -0.1) is 0 Å². The van der Waals surface area contributed by atoms with E-state index in [2.05, 4.69) is 5.10 Å². The van der Waals surface area contributed by atoms with E-state index in [0.717, 1.165) is 16.3 Å². The number of hydrogen-bond donors (Lipinski definition) is 1. The predicted molar refractivity (Wildman–Crippen MR) is 112 cm³/mol. The third kappa shape index (κ3) is 3.16. The van der Waals surface area contributed by atoms with Crippen molar-refractivity contribution in [2.75, 3.05) is 13.1 Å². The van der Waals surface area contributed by atoms with E-state index < -0.39 is 0 Å². The second kappa shape index (κ2) is 7.39. The van der Waals surface area contributed by atoms with E-state index in [1.165, 1.54) is 4.68 Å². The first kappa shape index (κ1) is 19.0. The summed E-state index contributed by atoms with van der Waals surface area (Å²) in [6.45, 7) is 0.712. The fourth-order valence-electron chi connectivity index (χ4n) is 4.18. The Morgan fingerprint density at radius 3 is 2.23 bits per heavy atom. The Morgan fingerprint density at radius 2 is 1.55 bits per heavy atom. The van der Waals surface area contributed by atoms with Gasteiger partial charge >= 0.3 is 0 Å². The van der Waals surface area contributed by atoms with E-state index in [4.69, 9.17) is 0 Å². The number of nitrogens with zero attached hydrogens (tertiary/aromatic N) is 3. The van der Waals surface area contributed by atoms with Crippen LogP contribution in [0, 0.1) is 0 Å². The molecule has 0 atom stereocenters. The van der Waals surface area contributed by atoms with E-state index >= 15 is 0 Å². The lowest BCUT2D eigenvalue weighted by atomic mass is 10.1. The molecule has 0 aliphatic carbocycles. The van der Waals surface area contributed by atoms with Gasteiger partial charge in [0, 0.05) is 31.6 Å². The molecule has 0 fully saturated rings. The van der Waals surface area contributed by atoms with Crippen LogP contribution >= 0.6 is 0 Å². The van der Waals surface area contributed by atoms with Gasteiger partial charge in [-0.05, 0) is 24.3 Å². The highest BCUT2D eigenvalue weighted by Gasteiger charge is 2.35. The first-order valence-corrected chi connectivity index (χ1v) is 10.2. The largest absolute Gasteiger partial charge is 0.338 e. The zero-order chi connectivity index (χ0) is 21.5.